The molecule has 0 aliphatic heterocycles. The summed E-state index contributed by atoms with van der Waals surface area (Å²) < 4.78 is 11.3. The number of hydrogen-bond donors (Lipinski definition) is 2. The fraction of sp³-hybridized carbons (Fsp3) is 0.167. The molecule has 0 aliphatic carbocycles. The van der Waals surface area contributed by atoms with Gasteiger partial charge in [0.15, 0.2) is 10.4 Å². The standard InChI is InChI=1S/C18H15NO6S2/c20-17(21)24-10-13(25-18(22)23)15(11-6-2-1-3-7-11)27-16-19-12-8-4-5-9-14(12)26-16/h1-9,13,15H,10H2,(H,20,21)(H,22,23). The molecule has 9 heteroatoms. The van der Waals surface area contributed by atoms with Gasteiger partial charge in [-0.3, -0.25) is 0 Å². The van der Waals surface area contributed by atoms with E-state index in [0.717, 1.165) is 20.1 Å². The largest absolute Gasteiger partial charge is 0.506 e. The number of aromatic nitrogens is 1. The number of thioether (sulfide) groups is 1. The van der Waals surface area contributed by atoms with Crippen LogP contribution in [-0.4, -0.2) is 40.2 Å². The van der Waals surface area contributed by atoms with Crippen molar-refractivity contribution in [3.8, 4) is 0 Å². The zero-order valence-electron chi connectivity index (χ0n) is 13.8. The first-order valence-electron chi connectivity index (χ1n) is 7.85. The Morgan fingerprint density at radius 1 is 1.04 bits per heavy atom. The number of fused-ring (bicyclic) bond motifs is 1. The predicted octanol–water partition coefficient (Wildman–Crippen LogP) is 4.89. The van der Waals surface area contributed by atoms with Crippen LogP contribution in [0.5, 0.6) is 0 Å². The van der Waals surface area contributed by atoms with Crippen molar-refractivity contribution in [3.05, 3.63) is 60.2 Å². The number of ether oxygens (including phenoxy) is 2. The second-order valence-electron chi connectivity index (χ2n) is 5.40. The Balaban J connectivity index is 1.93. The molecule has 3 aromatic rings. The Hall–Kier alpha value is -2.78. The molecule has 27 heavy (non-hydrogen) atoms. The third-order valence-electron chi connectivity index (χ3n) is 3.59. The first-order chi connectivity index (χ1) is 13.0. The van der Waals surface area contributed by atoms with Crippen molar-refractivity contribution in [2.75, 3.05) is 6.61 Å². The van der Waals surface area contributed by atoms with Crippen molar-refractivity contribution in [1.82, 2.24) is 4.98 Å². The van der Waals surface area contributed by atoms with Crippen molar-refractivity contribution >= 4 is 45.6 Å². The molecule has 2 unspecified atom stereocenters. The highest BCUT2D eigenvalue weighted by atomic mass is 32.2. The van der Waals surface area contributed by atoms with Gasteiger partial charge < -0.3 is 19.7 Å². The predicted molar refractivity (Wildman–Crippen MR) is 102 cm³/mol. The monoisotopic (exact) mass is 405 g/mol. The highest BCUT2D eigenvalue weighted by molar-refractivity contribution is 8.01. The van der Waals surface area contributed by atoms with Crippen molar-refractivity contribution in [1.29, 1.82) is 0 Å². The van der Waals surface area contributed by atoms with Gasteiger partial charge in [-0.2, -0.15) is 0 Å². The van der Waals surface area contributed by atoms with Gasteiger partial charge in [-0.25, -0.2) is 14.6 Å². The molecule has 2 atom stereocenters. The highest BCUT2D eigenvalue weighted by Crippen LogP contribution is 2.42. The van der Waals surface area contributed by atoms with E-state index in [0.29, 0.717) is 0 Å². The summed E-state index contributed by atoms with van der Waals surface area (Å²) in [6.45, 7) is -0.418. The summed E-state index contributed by atoms with van der Waals surface area (Å²) in [5.41, 5.74) is 1.62. The van der Waals surface area contributed by atoms with Gasteiger partial charge in [-0.05, 0) is 17.7 Å². The van der Waals surface area contributed by atoms with Crippen LogP contribution in [0, 0.1) is 0 Å². The van der Waals surface area contributed by atoms with Crippen molar-refractivity contribution in [2.45, 2.75) is 15.7 Å². The van der Waals surface area contributed by atoms with Gasteiger partial charge >= 0.3 is 12.3 Å². The maximum atomic E-state index is 11.1. The van der Waals surface area contributed by atoms with Gasteiger partial charge in [0.2, 0.25) is 0 Å². The average molecular weight is 405 g/mol. The van der Waals surface area contributed by atoms with Crippen molar-refractivity contribution in [3.63, 3.8) is 0 Å². The Morgan fingerprint density at radius 3 is 2.41 bits per heavy atom. The first-order valence-corrected chi connectivity index (χ1v) is 9.55. The normalized spacial score (nSPS) is 13.0. The summed E-state index contributed by atoms with van der Waals surface area (Å²) >= 11 is 2.79. The average Bonchev–Trinajstić information content (AvgIpc) is 3.06. The summed E-state index contributed by atoms with van der Waals surface area (Å²) in [5, 5.41) is 17.3. The van der Waals surface area contributed by atoms with Crippen LogP contribution >= 0.6 is 23.1 Å². The van der Waals surface area contributed by atoms with E-state index in [1.165, 1.54) is 23.1 Å². The topological polar surface area (TPSA) is 106 Å². The van der Waals surface area contributed by atoms with Crippen LogP contribution in [0.2, 0.25) is 0 Å². The van der Waals surface area contributed by atoms with E-state index in [-0.39, 0.29) is 0 Å². The zero-order valence-corrected chi connectivity index (χ0v) is 15.5. The van der Waals surface area contributed by atoms with Crippen LogP contribution in [0.1, 0.15) is 10.8 Å². The van der Waals surface area contributed by atoms with Crippen LogP contribution in [0.25, 0.3) is 10.2 Å². The molecule has 0 aliphatic rings. The SMILES string of the molecule is O=C(O)OCC(OC(=O)O)C(Sc1nc2ccccc2s1)c1ccccc1. The van der Waals surface area contributed by atoms with E-state index in [9.17, 15) is 9.59 Å². The van der Waals surface area contributed by atoms with Gasteiger partial charge in [0.25, 0.3) is 0 Å². The number of carboxylic acid groups (broad SMARTS) is 2. The van der Waals surface area contributed by atoms with Crippen molar-refractivity contribution in [2.24, 2.45) is 0 Å². The van der Waals surface area contributed by atoms with Gasteiger partial charge in [0.05, 0.1) is 15.5 Å². The van der Waals surface area contributed by atoms with E-state index in [4.69, 9.17) is 14.9 Å². The fourth-order valence-corrected chi connectivity index (χ4v) is 4.89. The van der Waals surface area contributed by atoms with Crippen LogP contribution < -0.4 is 0 Å². The third-order valence-corrected chi connectivity index (χ3v) is 6.08. The van der Waals surface area contributed by atoms with E-state index in [2.05, 4.69) is 9.72 Å². The minimum absolute atomic E-state index is 0.418. The lowest BCUT2D eigenvalue weighted by molar-refractivity contribution is 0.00415. The lowest BCUT2D eigenvalue weighted by Gasteiger charge is -2.24. The molecule has 2 aromatic carbocycles. The maximum absolute atomic E-state index is 11.1. The lowest BCUT2D eigenvalue weighted by Crippen LogP contribution is -2.29. The van der Waals surface area contributed by atoms with Gasteiger partial charge in [-0.1, -0.05) is 54.2 Å². The molecule has 0 spiro atoms. The molecule has 140 valence electrons. The molecule has 0 radical (unpaired) electrons. The summed E-state index contributed by atoms with van der Waals surface area (Å²) in [7, 11) is 0. The van der Waals surface area contributed by atoms with Crippen LogP contribution in [0.15, 0.2) is 58.9 Å². The quantitative estimate of drug-likeness (QED) is 0.423. The lowest BCUT2D eigenvalue weighted by atomic mass is 10.1. The van der Waals surface area contributed by atoms with E-state index >= 15 is 0 Å². The van der Waals surface area contributed by atoms with Crippen LogP contribution in [0.3, 0.4) is 0 Å². The number of carbonyl (C=O) groups is 2. The number of hydrogen-bond acceptors (Lipinski definition) is 7. The first kappa shape index (κ1) is 19.0. The minimum atomic E-state index is -1.50. The number of benzene rings is 2. The molecule has 0 saturated carbocycles. The summed E-state index contributed by atoms with van der Waals surface area (Å²) in [6.07, 6.45) is -4.02. The minimum Gasteiger partial charge on any atom is -0.450 e. The molecule has 1 heterocycles. The molecule has 2 N–H and O–H groups in total. The summed E-state index contributed by atoms with van der Waals surface area (Å²) in [4.78, 5) is 26.5. The van der Waals surface area contributed by atoms with Crippen LogP contribution in [0.4, 0.5) is 9.59 Å². The second-order valence-corrected chi connectivity index (χ2v) is 7.82. The molecule has 0 bridgehead atoms. The molecule has 7 nitrogen and oxygen atoms in total. The second kappa shape index (κ2) is 8.74. The van der Waals surface area contributed by atoms with Crippen LogP contribution in [-0.2, 0) is 9.47 Å². The fourth-order valence-electron chi connectivity index (χ4n) is 2.48. The van der Waals surface area contributed by atoms with Gasteiger partial charge in [0, 0.05) is 0 Å². The Kier molecular flexibility index (Phi) is 6.15. The molecule has 0 fully saturated rings. The van der Waals surface area contributed by atoms with Gasteiger partial charge in [-0.15, -0.1) is 11.3 Å². The Labute approximate surface area is 162 Å². The molecule has 0 saturated heterocycles. The highest BCUT2D eigenvalue weighted by Gasteiger charge is 2.30. The van der Waals surface area contributed by atoms with E-state index in [1.807, 2.05) is 54.6 Å². The van der Waals surface area contributed by atoms with E-state index < -0.39 is 30.3 Å². The van der Waals surface area contributed by atoms with E-state index in [1.54, 1.807) is 0 Å². The van der Waals surface area contributed by atoms with Crippen molar-refractivity contribution < 1.29 is 29.3 Å². The third kappa shape index (κ3) is 5.11. The molecular formula is C18H15NO6S2. The number of rotatable bonds is 7. The molecule has 3 rings (SSSR count). The maximum Gasteiger partial charge on any atom is 0.506 e. The number of para-hydroxylation sites is 1. The number of nitrogens with zero attached hydrogens (tertiary/aromatic N) is 1. The molecular weight excluding hydrogens is 390 g/mol. The molecule has 0 amide bonds. The Morgan fingerprint density at radius 2 is 1.74 bits per heavy atom. The molecule has 1 aromatic heterocycles. The number of thiazole rings is 1. The summed E-state index contributed by atoms with van der Waals surface area (Å²) in [5.74, 6) is 0. The summed E-state index contributed by atoms with van der Waals surface area (Å²) in [6, 6.07) is 16.8. The van der Waals surface area contributed by atoms with Gasteiger partial charge in [0.1, 0.15) is 6.61 Å². The Bertz CT molecular complexity index is 897. The zero-order chi connectivity index (χ0) is 19.2. The smallest absolute Gasteiger partial charge is 0.450 e.